The number of aromatic nitrogens is 3. The normalized spacial score (nSPS) is 23.4. The molecule has 2 bridgehead atoms. The quantitative estimate of drug-likeness (QED) is 0.820. The van der Waals surface area contributed by atoms with Crippen molar-refractivity contribution in [2.45, 2.75) is 52.6 Å². The Labute approximate surface area is 152 Å². The van der Waals surface area contributed by atoms with Crippen LogP contribution in [0.4, 0.5) is 0 Å². The van der Waals surface area contributed by atoms with Crippen molar-refractivity contribution in [1.82, 2.24) is 25.3 Å². The Balaban J connectivity index is 1.46. The second-order valence-electron chi connectivity index (χ2n) is 7.61. The second kappa shape index (κ2) is 6.83. The van der Waals surface area contributed by atoms with E-state index in [-0.39, 0.29) is 18.4 Å². The van der Waals surface area contributed by atoms with Gasteiger partial charge < -0.3 is 9.42 Å². The first-order chi connectivity index (χ1) is 12.5. The fourth-order valence-electron chi connectivity index (χ4n) is 4.22. The number of hydrogen-bond acceptors (Lipinski definition) is 7. The fraction of sp³-hybridized carbons (Fsp3) is 0.667. The summed E-state index contributed by atoms with van der Waals surface area (Å²) >= 11 is 0. The fourth-order valence-corrected chi connectivity index (χ4v) is 4.22. The molecule has 8 nitrogen and oxygen atoms in total. The van der Waals surface area contributed by atoms with Gasteiger partial charge in [-0.3, -0.25) is 9.69 Å². The van der Waals surface area contributed by atoms with E-state index in [9.17, 15) is 4.79 Å². The van der Waals surface area contributed by atoms with Crippen LogP contribution in [0, 0.1) is 26.7 Å². The maximum Gasteiger partial charge on any atom is 0.229 e. The SMILES string of the molecule is Cc1nonc1CC(=O)N1C[C@H]2CC[C@@H]1CN(Cc1c(C)noc1C)C2. The summed E-state index contributed by atoms with van der Waals surface area (Å²) < 4.78 is 10.0. The van der Waals surface area contributed by atoms with Crippen LogP contribution < -0.4 is 0 Å². The molecule has 5 rings (SSSR count). The van der Waals surface area contributed by atoms with Gasteiger partial charge in [0.2, 0.25) is 5.91 Å². The Morgan fingerprint density at radius 1 is 1.08 bits per heavy atom. The van der Waals surface area contributed by atoms with Crippen molar-refractivity contribution in [3.8, 4) is 0 Å². The molecule has 2 atom stereocenters. The molecule has 3 aliphatic rings. The lowest BCUT2D eigenvalue weighted by molar-refractivity contribution is -0.134. The number of amides is 1. The van der Waals surface area contributed by atoms with E-state index in [0.717, 1.165) is 44.1 Å². The summed E-state index contributed by atoms with van der Waals surface area (Å²) in [5.74, 6) is 1.52. The van der Waals surface area contributed by atoms with Crippen LogP contribution in [-0.2, 0) is 17.8 Å². The number of fused-ring (bicyclic) bond motifs is 4. The summed E-state index contributed by atoms with van der Waals surface area (Å²) in [4.78, 5) is 17.4. The summed E-state index contributed by atoms with van der Waals surface area (Å²) in [6, 6.07) is 0.252. The zero-order chi connectivity index (χ0) is 18.3. The van der Waals surface area contributed by atoms with Crippen LogP contribution >= 0.6 is 0 Å². The third kappa shape index (κ3) is 3.25. The van der Waals surface area contributed by atoms with Gasteiger partial charge in [-0.15, -0.1) is 0 Å². The van der Waals surface area contributed by atoms with E-state index in [2.05, 4.69) is 25.3 Å². The Morgan fingerprint density at radius 2 is 1.92 bits per heavy atom. The lowest BCUT2D eigenvalue weighted by atomic mass is 9.94. The van der Waals surface area contributed by atoms with Crippen molar-refractivity contribution in [3.63, 3.8) is 0 Å². The molecular formula is C18H25N5O3. The van der Waals surface area contributed by atoms with E-state index in [0.29, 0.717) is 17.3 Å². The Morgan fingerprint density at radius 3 is 2.62 bits per heavy atom. The molecular weight excluding hydrogens is 334 g/mol. The highest BCUT2D eigenvalue weighted by molar-refractivity contribution is 5.79. The van der Waals surface area contributed by atoms with Crippen molar-refractivity contribution in [1.29, 1.82) is 0 Å². The molecule has 0 N–H and O–H groups in total. The van der Waals surface area contributed by atoms with Gasteiger partial charge in [0.15, 0.2) is 0 Å². The topological polar surface area (TPSA) is 88.5 Å². The molecule has 5 heterocycles. The molecule has 0 spiro atoms. The van der Waals surface area contributed by atoms with E-state index in [1.54, 1.807) is 0 Å². The molecule has 2 aromatic rings. The molecule has 2 aromatic heterocycles. The number of carbonyl (C=O) groups excluding carboxylic acids is 1. The van der Waals surface area contributed by atoms with Gasteiger partial charge in [-0.2, -0.15) is 0 Å². The molecule has 0 unspecified atom stereocenters. The van der Waals surface area contributed by atoms with Gasteiger partial charge in [-0.25, -0.2) is 4.63 Å². The Kier molecular flexibility index (Phi) is 4.52. The molecule has 3 saturated heterocycles. The Bertz CT molecular complexity index is 779. The minimum atomic E-state index is 0.123. The van der Waals surface area contributed by atoms with E-state index in [1.807, 2.05) is 20.8 Å². The van der Waals surface area contributed by atoms with Crippen LogP contribution in [0.3, 0.4) is 0 Å². The first-order valence-corrected chi connectivity index (χ1v) is 9.23. The van der Waals surface area contributed by atoms with Crippen LogP contribution in [0.15, 0.2) is 9.15 Å². The minimum absolute atomic E-state index is 0.123. The van der Waals surface area contributed by atoms with Crippen molar-refractivity contribution in [2.75, 3.05) is 19.6 Å². The van der Waals surface area contributed by atoms with Crippen LogP contribution in [-0.4, -0.2) is 56.9 Å². The third-order valence-corrected chi connectivity index (χ3v) is 5.74. The number of hydrogen-bond donors (Lipinski definition) is 0. The maximum atomic E-state index is 12.9. The predicted molar refractivity (Wildman–Crippen MR) is 92.2 cm³/mol. The zero-order valence-electron chi connectivity index (χ0n) is 15.6. The number of piperidine rings is 1. The molecule has 8 heteroatoms. The molecule has 1 amide bonds. The van der Waals surface area contributed by atoms with Crippen LogP contribution in [0.2, 0.25) is 0 Å². The van der Waals surface area contributed by atoms with Crippen molar-refractivity contribution < 1.29 is 13.9 Å². The number of rotatable bonds is 4. The average Bonchev–Trinajstić information content (AvgIpc) is 3.02. The van der Waals surface area contributed by atoms with Crippen LogP contribution in [0.5, 0.6) is 0 Å². The summed E-state index contributed by atoms with van der Waals surface area (Å²) in [5.41, 5.74) is 3.47. The predicted octanol–water partition coefficient (Wildman–Crippen LogP) is 1.65. The summed E-state index contributed by atoms with van der Waals surface area (Å²) in [6.45, 7) is 9.33. The minimum Gasteiger partial charge on any atom is -0.361 e. The van der Waals surface area contributed by atoms with Gasteiger partial charge >= 0.3 is 0 Å². The number of aryl methyl sites for hydroxylation is 3. The molecule has 3 fully saturated rings. The largest absolute Gasteiger partial charge is 0.361 e. The second-order valence-corrected chi connectivity index (χ2v) is 7.61. The number of carbonyl (C=O) groups is 1. The standard InChI is InChI=1S/C18H25N5O3/c1-11-16(13(3)25-19-11)10-22-7-14-4-5-15(9-22)23(8-14)18(24)6-17-12(2)20-26-21-17/h14-15H,4-10H2,1-3H3/t14-,15+/m0/s1. The van der Waals surface area contributed by atoms with Crippen molar-refractivity contribution in [2.24, 2.45) is 5.92 Å². The van der Waals surface area contributed by atoms with Gasteiger partial charge in [-0.1, -0.05) is 15.5 Å². The van der Waals surface area contributed by atoms with E-state index >= 15 is 0 Å². The van der Waals surface area contributed by atoms with Crippen LogP contribution in [0.25, 0.3) is 0 Å². The monoisotopic (exact) mass is 359 g/mol. The summed E-state index contributed by atoms with van der Waals surface area (Å²) in [7, 11) is 0. The van der Waals surface area contributed by atoms with Gasteiger partial charge in [0, 0.05) is 37.8 Å². The average molecular weight is 359 g/mol. The van der Waals surface area contributed by atoms with Gasteiger partial charge in [0.25, 0.3) is 0 Å². The highest BCUT2D eigenvalue weighted by Crippen LogP contribution is 2.30. The van der Waals surface area contributed by atoms with E-state index in [1.165, 1.54) is 12.0 Å². The number of nitrogens with zero attached hydrogens (tertiary/aromatic N) is 5. The van der Waals surface area contributed by atoms with Crippen molar-refractivity contribution >= 4 is 5.91 Å². The van der Waals surface area contributed by atoms with E-state index < -0.39 is 0 Å². The zero-order valence-corrected chi connectivity index (χ0v) is 15.6. The van der Waals surface area contributed by atoms with E-state index in [4.69, 9.17) is 9.15 Å². The lowest BCUT2D eigenvalue weighted by Gasteiger charge is -2.36. The molecule has 0 aromatic carbocycles. The summed E-state index contributed by atoms with van der Waals surface area (Å²) in [6.07, 6.45) is 2.50. The van der Waals surface area contributed by atoms with Crippen LogP contribution in [0.1, 0.15) is 41.2 Å². The maximum absolute atomic E-state index is 12.9. The molecule has 0 saturated carbocycles. The molecule has 3 aliphatic heterocycles. The van der Waals surface area contributed by atoms with Gasteiger partial charge in [0.1, 0.15) is 17.1 Å². The van der Waals surface area contributed by atoms with Gasteiger partial charge in [0.05, 0.1) is 12.1 Å². The highest BCUT2D eigenvalue weighted by Gasteiger charge is 2.37. The Hall–Kier alpha value is -2.22. The third-order valence-electron chi connectivity index (χ3n) is 5.74. The smallest absolute Gasteiger partial charge is 0.229 e. The van der Waals surface area contributed by atoms with Gasteiger partial charge in [-0.05, 0) is 39.5 Å². The molecule has 26 heavy (non-hydrogen) atoms. The molecule has 0 aliphatic carbocycles. The van der Waals surface area contributed by atoms with Crippen molar-refractivity contribution in [3.05, 3.63) is 28.4 Å². The molecule has 140 valence electrons. The highest BCUT2D eigenvalue weighted by atomic mass is 16.6. The first kappa shape index (κ1) is 17.2. The lowest BCUT2D eigenvalue weighted by Crippen LogP contribution is -2.48. The first-order valence-electron chi connectivity index (χ1n) is 9.23. The summed E-state index contributed by atoms with van der Waals surface area (Å²) in [5, 5.41) is 11.7. The molecule has 0 radical (unpaired) electrons.